The van der Waals surface area contributed by atoms with E-state index in [9.17, 15) is 4.79 Å². The molecule has 0 aromatic heterocycles. The molecule has 92 valence electrons. The van der Waals surface area contributed by atoms with Gasteiger partial charge < -0.3 is 5.32 Å². The van der Waals surface area contributed by atoms with E-state index in [1.165, 1.54) is 38.5 Å². The Bertz CT molecular complexity index is 232. The molecule has 0 aliphatic heterocycles. The van der Waals surface area contributed by atoms with Gasteiger partial charge in [0.05, 0.1) is 0 Å². The molecular formula is C13H22BrNO. The van der Waals surface area contributed by atoms with Gasteiger partial charge in [0, 0.05) is 17.8 Å². The van der Waals surface area contributed by atoms with Crippen LogP contribution in [0.15, 0.2) is 0 Å². The summed E-state index contributed by atoms with van der Waals surface area (Å²) < 4.78 is 0. The van der Waals surface area contributed by atoms with Crippen LogP contribution in [0.1, 0.15) is 44.9 Å². The zero-order valence-electron chi connectivity index (χ0n) is 9.88. The number of hydrogen-bond donors (Lipinski definition) is 1. The second-order valence-corrected chi connectivity index (χ2v) is 5.97. The van der Waals surface area contributed by atoms with Crippen LogP contribution in [0.4, 0.5) is 0 Å². The smallest absolute Gasteiger partial charge is 0.223 e. The number of hydrogen-bond acceptors (Lipinski definition) is 1. The Balaban J connectivity index is 1.58. The zero-order chi connectivity index (χ0) is 11.4. The highest BCUT2D eigenvalue weighted by Crippen LogP contribution is 2.55. The van der Waals surface area contributed by atoms with Crippen molar-refractivity contribution in [1.29, 1.82) is 0 Å². The third-order valence-electron chi connectivity index (χ3n) is 4.07. The SMILES string of the molecule is O=C(NCCCCCBr)C1C2CCCCC21. The Hall–Kier alpha value is -0.0500. The van der Waals surface area contributed by atoms with Crippen LogP contribution in [-0.2, 0) is 4.79 Å². The van der Waals surface area contributed by atoms with Crippen LogP contribution >= 0.6 is 15.9 Å². The summed E-state index contributed by atoms with van der Waals surface area (Å²) in [5.41, 5.74) is 0. The van der Waals surface area contributed by atoms with Crippen LogP contribution < -0.4 is 5.32 Å². The van der Waals surface area contributed by atoms with E-state index < -0.39 is 0 Å². The van der Waals surface area contributed by atoms with Crippen molar-refractivity contribution < 1.29 is 4.79 Å². The van der Waals surface area contributed by atoms with Gasteiger partial charge in [0.25, 0.3) is 0 Å². The molecule has 2 fully saturated rings. The number of unbranched alkanes of at least 4 members (excludes halogenated alkanes) is 2. The van der Waals surface area contributed by atoms with Crippen molar-refractivity contribution in [3.63, 3.8) is 0 Å². The summed E-state index contributed by atoms with van der Waals surface area (Å²) in [4.78, 5) is 11.9. The van der Waals surface area contributed by atoms with Gasteiger partial charge in [-0.25, -0.2) is 0 Å². The first-order valence-corrected chi connectivity index (χ1v) is 7.80. The summed E-state index contributed by atoms with van der Waals surface area (Å²) in [6.45, 7) is 0.877. The molecule has 0 aromatic rings. The fourth-order valence-electron chi connectivity index (χ4n) is 3.11. The van der Waals surface area contributed by atoms with Gasteiger partial charge in [0.15, 0.2) is 0 Å². The number of nitrogens with one attached hydrogen (secondary N) is 1. The summed E-state index contributed by atoms with van der Waals surface area (Å²) >= 11 is 3.42. The largest absolute Gasteiger partial charge is 0.356 e. The first-order chi connectivity index (χ1) is 7.84. The lowest BCUT2D eigenvalue weighted by atomic mass is 10.0. The van der Waals surface area contributed by atoms with Gasteiger partial charge in [-0.2, -0.15) is 0 Å². The van der Waals surface area contributed by atoms with E-state index in [2.05, 4.69) is 21.2 Å². The minimum atomic E-state index is 0.343. The molecule has 0 bridgehead atoms. The van der Waals surface area contributed by atoms with E-state index in [0.29, 0.717) is 11.8 Å². The molecule has 16 heavy (non-hydrogen) atoms. The fraction of sp³-hybridized carbons (Fsp3) is 0.923. The van der Waals surface area contributed by atoms with E-state index in [1.807, 2.05) is 0 Å². The van der Waals surface area contributed by atoms with E-state index in [1.54, 1.807) is 0 Å². The topological polar surface area (TPSA) is 29.1 Å². The van der Waals surface area contributed by atoms with Gasteiger partial charge in [-0.15, -0.1) is 0 Å². The predicted octanol–water partition coefficient (Wildman–Crippen LogP) is 3.10. The molecule has 1 N–H and O–H groups in total. The maximum Gasteiger partial charge on any atom is 0.223 e. The summed E-state index contributed by atoms with van der Waals surface area (Å²) in [5, 5.41) is 4.18. The van der Waals surface area contributed by atoms with Gasteiger partial charge in [-0.05, 0) is 37.5 Å². The van der Waals surface area contributed by atoms with Crippen LogP contribution in [0.5, 0.6) is 0 Å². The number of amides is 1. The third kappa shape index (κ3) is 2.99. The number of fused-ring (bicyclic) bond motifs is 1. The molecule has 2 unspecified atom stereocenters. The maximum atomic E-state index is 11.9. The average molecular weight is 288 g/mol. The van der Waals surface area contributed by atoms with Crippen molar-refractivity contribution in [2.24, 2.45) is 17.8 Å². The molecule has 3 heteroatoms. The van der Waals surface area contributed by atoms with E-state index in [4.69, 9.17) is 0 Å². The normalized spacial score (nSPS) is 31.9. The molecule has 2 aliphatic rings. The van der Waals surface area contributed by atoms with Crippen LogP contribution in [-0.4, -0.2) is 17.8 Å². The van der Waals surface area contributed by atoms with Crippen molar-refractivity contribution in [3.05, 3.63) is 0 Å². The lowest BCUT2D eigenvalue weighted by molar-refractivity contribution is -0.122. The van der Waals surface area contributed by atoms with Crippen LogP contribution in [0, 0.1) is 17.8 Å². The van der Waals surface area contributed by atoms with Crippen molar-refractivity contribution >= 4 is 21.8 Å². The van der Waals surface area contributed by atoms with E-state index in [-0.39, 0.29) is 0 Å². The molecule has 0 spiro atoms. The van der Waals surface area contributed by atoms with Gasteiger partial charge in [0.1, 0.15) is 0 Å². The highest BCUT2D eigenvalue weighted by molar-refractivity contribution is 9.09. The zero-order valence-corrected chi connectivity index (χ0v) is 11.5. The van der Waals surface area contributed by atoms with Crippen LogP contribution in [0.2, 0.25) is 0 Å². The third-order valence-corrected chi connectivity index (χ3v) is 4.63. The van der Waals surface area contributed by atoms with Crippen molar-refractivity contribution in [2.75, 3.05) is 11.9 Å². The predicted molar refractivity (Wildman–Crippen MR) is 69.6 cm³/mol. The fourth-order valence-corrected chi connectivity index (χ4v) is 3.50. The Morgan fingerprint density at radius 3 is 2.44 bits per heavy atom. The quantitative estimate of drug-likeness (QED) is 0.590. The molecule has 0 heterocycles. The molecule has 2 rings (SSSR count). The molecule has 0 saturated heterocycles. The van der Waals surface area contributed by atoms with Crippen LogP contribution in [0.3, 0.4) is 0 Å². The molecule has 0 aromatic carbocycles. The van der Waals surface area contributed by atoms with Gasteiger partial charge in [0.2, 0.25) is 5.91 Å². The summed E-state index contributed by atoms with van der Waals surface area (Å²) in [5.74, 6) is 2.22. The van der Waals surface area contributed by atoms with Crippen LogP contribution in [0.25, 0.3) is 0 Å². The second kappa shape index (κ2) is 6.04. The summed E-state index contributed by atoms with van der Waals surface area (Å²) in [6, 6.07) is 0. The van der Waals surface area contributed by atoms with E-state index in [0.717, 1.165) is 30.1 Å². The van der Waals surface area contributed by atoms with Crippen molar-refractivity contribution in [1.82, 2.24) is 5.32 Å². The number of halogens is 1. The minimum Gasteiger partial charge on any atom is -0.356 e. The Morgan fingerprint density at radius 1 is 1.12 bits per heavy atom. The number of carbonyl (C=O) groups excluding carboxylic acids is 1. The molecule has 1 amide bonds. The van der Waals surface area contributed by atoms with Gasteiger partial charge in [-0.1, -0.05) is 35.2 Å². The number of alkyl halides is 1. The van der Waals surface area contributed by atoms with Gasteiger partial charge >= 0.3 is 0 Å². The highest BCUT2D eigenvalue weighted by Gasteiger charge is 2.54. The monoisotopic (exact) mass is 287 g/mol. The summed E-state index contributed by atoms with van der Waals surface area (Å²) in [6.07, 6.45) is 8.83. The van der Waals surface area contributed by atoms with Crippen molar-refractivity contribution in [3.8, 4) is 0 Å². The lowest BCUT2D eigenvalue weighted by Gasteiger charge is -2.04. The number of rotatable bonds is 6. The Morgan fingerprint density at radius 2 is 1.81 bits per heavy atom. The second-order valence-electron chi connectivity index (χ2n) is 5.18. The first kappa shape index (κ1) is 12.4. The lowest BCUT2D eigenvalue weighted by Crippen LogP contribution is -2.27. The van der Waals surface area contributed by atoms with E-state index >= 15 is 0 Å². The Kier molecular flexibility index (Phi) is 4.68. The highest BCUT2D eigenvalue weighted by atomic mass is 79.9. The first-order valence-electron chi connectivity index (χ1n) is 6.68. The molecular weight excluding hydrogens is 266 g/mol. The maximum absolute atomic E-state index is 11.9. The molecule has 2 nitrogen and oxygen atoms in total. The standard InChI is InChI=1S/C13H22BrNO/c14-8-4-1-5-9-15-13(16)12-10-6-2-3-7-11(10)12/h10-12H,1-9H2,(H,15,16). The van der Waals surface area contributed by atoms with Crippen molar-refractivity contribution in [2.45, 2.75) is 44.9 Å². The number of carbonyl (C=O) groups is 1. The molecule has 2 atom stereocenters. The van der Waals surface area contributed by atoms with Gasteiger partial charge in [-0.3, -0.25) is 4.79 Å². The molecule has 0 radical (unpaired) electrons. The molecule has 2 aliphatic carbocycles. The minimum absolute atomic E-state index is 0.343. The molecule has 2 saturated carbocycles. The summed E-state index contributed by atoms with van der Waals surface area (Å²) in [7, 11) is 0. The Labute approximate surface area is 107 Å². The average Bonchev–Trinajstić information content (AvgIpc) is 3.02.